The SMILES string of the molecule is Cc1cc(N=Nc2ccc(N=Nc3ccc(N=Nc4ccc(N=Nc5cccc(C(F)(F)F)c5)cc4C)cc3C)cc2C)ccc1O. The van der Waals surface area contributed by atoms with E-state index in [0.717, 1.165) is 34.4 Å². The van der Waals surface area contributed by atoms with E-state index in [1.807, 2.05) is 51.1 Å². The van der Waals surface area contributed by atoms with Crippen molar-refractivity contribution in [2.75, 3.05) is 0 Å². The highest BCUT2D eigenvalue weighted by molar-refractivity contribution is 5.57. The van der Waals surface area contributed by atoms with Gasteiger partial charge in [-0.25, -0.2) is 0 Å². The minimum Gasteiger partial charge on any atom is -0.508 e. The van der Waals surface area contributed by atoms with Gasteiger partial charge < -0.3 is 5.11 Å². The third-order valence-corrected chi connectivity index (χ3v) is 7.00. The second-order valence-corrected chi connectivity index (χ2v) is 10.7. The lowest BCUT2D eigenvalue weighted by molar-refractivity contribution is -0.137. The molecule has 0 atom stereocenters. The highest BCUT2D eigenvalue weighted by Crippen LogP contribution is 2.34. The van der Waals surface area contributed by atoms with Crippen molar-refractivity contribution in [1.29, 1.82) is 0 Å². The Kier molecular flexibility index (Phi) is 9.69. The van der Waals surface area contributed by atoms with Crippen molar-refractivity contribution in [2.24, 2.45) is 40.9 Å². The standard InChI is InChI=1S/C35H29F3N8O/c1-21-16-27(40-39-26-7-5-6-25(20-26)35(36,37)38)8-12-31(21)44-41-28-9-13-32(22(2)17-28)45-42-29-10-14-33(23(3)18-29)46-43-30-11-15-34(47)24(4)19-30/h5-20,47H,1-4H3. The lowest BCUT2D eigenvalue weighted by Gasteiger charge is -2.06. The van der Waals surface area contributed by atoms with Crippen LogP contribution in [-0.4, -0.2) is 5.11 Å². The van der Waals surface area contributed by atoms with E-state index >= 15 is 0 Å². The fourth-order valence-corrected chi connectivity index (χ4v) is 4.34. The fourth-order valence-electron chi connectivity index (χ4n) is 4.34. The van der Waals surface area contributed by atoms with E-state index in [1.54, 1.807) is 49.4 Å². The third-order valence-electron chi connectivity index (χ3n) is 7.00. The number of hydrogen-bond donors (Lipinski definition) is 1. The molecule has 0 saturated carbocycles. The van der Waals surface area contributed by atoms with Gasteiger partial charge >= 0.3 is 6.18 Å². The molecule has 0 aliphatic heterocycles. The molecule has 0 fully saturated rings. The van der Waals surface area contributed by atoms with Crippen molar-refractivity contribution >= 4 is 45.5 Å². The molecule has 0 radical (unpaired) electrons. The van der Waals surface area contributed by atoms with Crippen LogP contribution in [0.5, 0.6) is 5.75 Å². The van der Waals surface area contributed by atoms with Crippen molar-refractivity contribution in [3.8, 4) is 5.75 Å². The topological polar surface area (TPSA) is 119 Å². The van der Waals surface area contributed by atoms with Gasteiger partial charge in [0, 0.05) is 0 Å². The van der Waals surface area contributed by atoms with Gasteiger partial charge in [-0.2, -0.15) is 54.1 Å². The summed E-state index contributed by atoms with van der Waals surface area (Å²) in [7, 11) is 0. The minimum absolute atomic E-state index is 0.105. The van der Waals surface area contributed by atoms with Crippen molar-refractivity contribution in [3.05, 3.63) is 125 Å². The Hall–Kier alpha value is -5.91. The molecular weight excluding hydrogens is 605 g/mol. The molecule has 0 bridgehead atoms. The number of alkyl halides is 3. The number of phenols is 1. The van der Waals surface area contributed by atoms with Gasteiger partial charge in [0.15, 0.2) is 0 Å². The number of aryl methyl sites for hydroxylation is 4. The Labute approximate surface area is 269 Å². The summed E-state index contributed by atoms with van der Waals surface area (Å²) < 4.78 is 38.9. The van der Waals surface area contributed by atoms with Gasteiger partial charge in [0.25, 0.3) is 0 Å². The van der Waals surface area contributed by atoms with Crippen LogP contribution in [0.1, 0.15) is 27.8 Å². The maximum Gasteiger partial charge on any atom is 0.416 e. The van der Waals surface area contributed by atoms with Crippen molar-refractivity contribution < 1.29 is 18.3 Å². The van der Waals surface area contributed by atoms with Gasteiger partial charge in [0.05, 0.1) is 51.1 Å². The Bertz CT molecular complexity index is 2050. The van der Waals surface area contributed by atoms with Crippen molar-refractivity contribution in [2.45, 2.75) is 33.9 Å². The molecule has 47 heavy (non-hydrogen) atoms. The van der Waals surface area contributed by atoms with Gasteiger partial charge in [-0.15, -0.1) is 0 Å². The number of azo groups is 4. The molecule has 5 aromatic rings. The van der Waals surface area contributed by atoms with Gasteiger partial charge in [-0.3, -0.25) is 0 Å². The lowest BCUT2D eigenvalue weighted by Crippen LogP contribution is -2.03. The maximum atomic E-state index is 13.0. The summed E-state index contributed by atoms with van der Waals surface area (Å²) in [5.41, 5.74) is 6.97. The molecule has 0 aromatic heterocycles. The fraction of sp³-hybridized carbons (Fsp3) is 0.143. The summed E-state index contributed by atoms with van der Waals surface area (Å²) in [5.74, 6) is 0.214. The molecule has 1 N–H and O–H groups in total. The number of hydrogen-bond acceptors (Lipinski definition) is 9. The van der Waals surface area contributed by atoms with E-state index < -0.39 is 11.7 Å². The first kappa shape index (κ1) is 32.5. The predicted molar refractivity (Wildman–Crippen MR) is 175 cm³/mol. The van der Waals surface area contributed by atoms with Crippen LogP contribution in [0, 0.1) is 27.7 Å². The zero-order valence-electron chi connectivity index (χ0n) is 25.9. The monoisotopic (exact) mass is 634 g/mol. The number of rotatable bonds is 8. The maximum absolute atomic E-state index is 13.0. The zero-order valence-corrected chi connectivity index (χ0v) is 25.9. The Morgan fingerprint density at radius 1 is 0.426 bits per heavy atom. The van der Waals surface area contributed by atoms with Gasteiger partial charge in [-0.05, 0) is 141 Å². The Balaban J connectivity index is 1.22. The smallest absolute Gasteiger partial charge is 0.416 e. The van der Waals surface area contributed by atoms with Crippen LogP contribution in [0.2, 0.25) is 0 Å². The molecule has 0 aliphatic rings. The van der Waals surface area contributed by atoms with Crippen LogP contribution in [0.4, 0.5) is 58.7 Å². The molecule has 0 spiro atoms. The molecule has 0 unspecified atom stereocenters. The summed E-state index contributed by atoms with van der Waals surface area (Å²) in [5, 5.41) is 43.7. The van der Waals surface area contributed by atoms with Gasteiger partial charge in [0.2, 0.25) is 0 Å². The highest BCUT2D eigenvalue weighted by Gasteiger charge is 2.30. The Morgan fingerprint density at radius 3 is 1.17 bits per heavy atom. The second kappa shape index (κ2) is 14.0. The molecule has 0 aliphatic carbocycles. The van der Waals surface area contributed by atoms with Crippen LogP contribution in [0.15, 0.2) is 138 Å². The average molecular weight is 635 g/mol. The van der Waals surface area contributed by atoms with Gasteiger partial charge in [-0.1, -0.05) is 6.07 Å². The molecule has 12 heteroatoms. The van der Waals surface area contributed by atoms with Crippen molar-refractivity contribution in [3.63, 3.8) is 0 Å². The number of halogens is 3. The van der Waals surface area contributed by atoms with Crippen LogP contribution in [0.3, 0.4) is 0 Å². The summed E-state index contributed by atoms with van der Waals surface area (Å²) in [6, 6.07) is 25.8. The normalized spacial score (nSPS) is 12.3. The first-order valence-corrected chi connectivity index (χ1v) is 14.4. The van der Waals surface area contributed by atoms with Crippen LogP contribution in [-0.2, 0) is 6.18 Å². The summed E-state index contributed by atoms with van der Waals surface area (Å²) in [6.45, 7) is 7.46. The molecule has 5 aromatic carbocycles. The van der Waals surface area contributed by atoms with E-state index in [2.05, 4.69) is 40.9 Å². The van der Waals surface area contributed by atoms with Crippen LogP contribution in [0.25, 0.3) is 0 Å². The van der Waals surface area contributed by atoms with Crippen molar-refractivity contribution in [1.82, 2.24) is 0 Å². The van der Waals surface area contributed by atoms with Crippen LogP contribution < -0.4 is 0 Å². The molecule has 0 amide bonds. The molecule has 9 nitrogen and oxygen atoms in total. The van der Waals surface area contributed by atoms with E-state index in [1.165, 1.54) is 12.1 Å². The number of benzene rings is 5. The molecule has 236 valence electrons. The molecular formula is C35H29F3N8O. The highest BCUT2D eigenvalue weighted by atomic mass is 19.4. The van der Waals surface area contributed by atoms with Gasteiger partial charge in [0.1, 0.15) is 5.75 Å². The quantitative estimate of drug-likeness (QED) is 0.168. The van der Waals surface area contributed by atoms with E-state index in [-0.39, 0.29) is 11.4 Å². The minimum atomic E-state index is -4.45. The summed E-state index contributed by atoms with van der Waals surface area (Å²) >= 11 is 0. The van der Waals surface area contributed by atoms with E-state index in [0.29, 0.717) is 39.8 Å². The first-order chi connectivity index (χ1) is 22.4. The largest absolute Gasteiger partial charge is 0.508 e. The lowest BCUT2D eigenvalue weighted by atomic mass is 10.2. The Morgan fingerprint density at radius 2 is 0.787 bits per heavy atom. The number of aromatic hydroxyl groups is 1. The predicted octanol–water partition coefficient (Wildman–Crippen LogP) is 13.3. The summed E-state index contributed by atoms with van der Waals surface area (Å²) in [4.78, 5) is 0. The van der Waals surface area contributed by atoms with Crippen LogP contribution >= 0.6 is 0 Å². The third kappa shape index (κ3) is 8.63. The summed E-state index contributed by atoms with van der Waals surface area (Å²) in [6.07, 6.45) is -4.45. The second-order valence-electron chi connectivity index (χ2n) is 10.7. The molecule has 5 rings (SSSR count). The number of nitrogens with zero attached hydrogens (tertiary/aromatic N) is 8. The average Bonchev–Trinajstić information content (AvgIpc) is 3.04. The molecule has 0 heterocycles. The van der Waals surface area contributed by atoms with E-state index in [4.69, 9.17) is 0 Å². The molecule has 0 saturated heterocycles. The number of phenolic OH excluding ortho intramolecular Hbond substituents is 1. The first-order valence-electron chi connectivity index (χ1n) is 14.4. The zero-order chi connectivity index (χ0) is 33.6. The van der Waals surface area contributed by atoms with E-state index in [9.17, 15) is 18.3 Å².